The third-order valence-electron chi connectivity index (χ3n) is 2.20. The van der Waals surface area contributed by atoms with Gasteiger partial charge in [0.05, 0.1) is 4.88 Å². The smallest absolute Gasteiger partial charge is 0.268 e. The highest BCUT2D eigenvalue weighted by Gasteiger charge is 2.14. The van der Waals surface area contributed by atoms with Crippen LogP contribution in [-0.2, 0) is 0 Å². The zero-order valence-electron chi connectivity index (χ0n) is 9.48. The molecule has 96 valence electrons. The Morgan fingerprint density at radius 1 is 1.37 bits per heavy atom. The van der Waals surface area contributed by atoms with Gasteiger partial charge in [-0.3, -0.25) is 10.1 Å². The van der Waals surface area contributed by atoms with Gasteiger partial charge in [-0.2, -0.15) is 9.67 Å². The molecular weight excluding hydrogens is 284 g/mol. The van der Waals surface area contributed by atoms with Crippen LogP contribution in [-0.4, -0.2) is 25.7 Å². The van der Waals surface area contributed by atoms with Gasteiger partial charge in [0.1, 0.15) is 0 Å². The molecule has 0 aliphatic carbocycles. The van der Waals surface area contributed by atoms with Crippen molar-refractivity contribution in [3.63, 3.8) is 0 Å². The van der Waals surface area contributed by atoms with Crippen LogP contribution in [0.15, 0.2) is 29.1 Å². The average molecular weight is 292 g/mol. The van der Waals surface area contributed by atoms with Gasteiger partial charge in [0.15, 0.2) is 0 Å². The minimum Gasteiger partial charge on any atom is -0.368 e. The first-order valence-corrected chi connectivity index (χ1v) is 6.97. The Hall–Kier alpha value is -2.26. The second-order valence-corrected chi connectivity index (χ2v) is 5.27. The lowest BCUT2D eigenvalue weighted by molar-refractivity contribution is 0.102. The lowest BCUT2D eigenvalue weighted by Crippen LogP contribution is -2.11. The molecule has 7 nitrogen and oxygen atoms in total. The number of anilines is 2. The second kappa shape index (κ2) is 4.78. The van der Waals surface area contributed by atoms with Gasteiger partial charge in [0.2, 0.25) is 11.1 Å². The molecule has 0 aliphatic rings. The number of thiophene rings is 1. The first kappa shape index (κ1) is 11.8. The Kier molecular flexibility index (Phi) is 2.97. The number of thiazole rings is 1. The molecule has 0 saturated carbocycles. The molecule has 0 saturated heterocycles. The number of nitrogens with two attached hydrogens (primary N) is 1. The van der Waals surface area contributed by atoms with Crippen molar-refractivity contribution < 1.29 is 4.79 Å². The molecule has 3 aromatic heterocycles. The quantitative estimate of drug-likeness (QED) is 0.764. The summed E-state index contributed by atoms with van der Waals surface area (Å²) in [6, 6.07) is 3.52. The van der Waals surface area contributed by atoms with Gasteiger partial charge in [0, 0.05) is 11.6 Å². The van der Waals surface area contributed by atoms with Crippen molar-refractivity contribution in [2.45, 2.75) is 0 Å². The molecule has 0 aliphatic heterocycles. The molecule has 1 amide bonds. The van der Waals surface area contributed by atoms with E-state index in [1.807, 2.05) is 5.38 Å². The number of rotatable bonds is 3. The summed E-state index contributed by atoms with van der Waals surface area (Å²) in [5, 5.41) is 10.9. The van der Waals surface area contributed by atoms with Gasteiger partial charge >= 0.3 is 0 Å². The molecule has 3 N–H and O–H groups in total. The summed E-state index contributed by atoms with van der Waals surface area (Å²) in [5.74, 6) is 0.0776. The van der Waals surface area contributed by atoms with E-state index in [1.165, 1.54) is 27.4 Å². The lowest BCUT2D eigenvalue weighted by atomic mass is 10.4. The molecule has 0 radical (unpaired) electrons. The summed E-state index contributed by atoms with van der Waals surface area (Å²) < 4.78 is 1.38. The third-order valence-corrected chi connectivity index (χ3v) is 3.82. The molecular formula is C10H8N6OS2. The zero-order valence-corrected chi connectivity index (χ0v) is 11.1. The van der Waals surface area contributed by atoms with E-state index >= 15 is 0 Å². The molecule has 0 bridgehead atoms. The van der Waals surface area contributed by atoms with E-state index in [4.69, 9.17) is 5.73 Å². The SMILES string of the molecule is Nc1nc(NC(=O)c2cccs2)nn1-c1nccs1. The van der Waals surface area contributed by atoms with Gasteiger partial charge < -0.3 is 5.73 Å². The summed E-state index contributed by atoms with van der Waals surface area (Å²) in [6.45, 7) is 0. The topological polar surface area (TPSA) is 98.7 Å². The predicted molar refractivity (Wildman–Crippen MR) is 73.7 cm³/mol. The number of aromatic nitrogens is 4. The van der Waals surface area contributed by atoms with Crippen LogP contribution in [0, 0.1) is 0 Å². The first-order valence-electron chi connectivity index (χ1n) is 5.21. The molecule has 0 aromatic carbocycles. The van der Waals surface area contributed by atoms with Crippen molar-refractivity contribution in [3.05, 3.63) is 34.0 Å². The van der Waals surface area contributed by atoms with Gasteiger partial charge in [-0.05, 0) is 11.4 Å². The number of amides is 1. The van der Waals surface area contributed by atoms with E-state index < -0.39 is 0 Å². The number of carbonyl (C=O) groups is 1. The Bertz CT molecular complexity index is 688. The van der Waals surface area contributed by atoms with Crippen LogP contribution >= 0.6 is 22.7 Å². The Morgan fingerprint density at radius 3 is 2.95 bits per heavy atom. The molecule has 0 atom stereocenters. The van der Waals surface area contributed by atoms with Crippen molar-refractivity contribution >= 4 is 40.5 Å². The normalized spacial score (nSPS) is 10.5. The lowest BCUT2D eigenvalue weighted by Gasteiger charge is -1.96. The van der Waals surface area contributed by atoms with Crippen molar-refractivity contribution in [3.8, 4) is 5.13 Å². The van der Waals surface area contributed by atoms with E-state index in [2.05, 4.69) is 20.4 Å². The number of nitrogen functional groups attached to an aromatic ring is 1. The van der Waals surface area contributed by atoms with Crippen LogP contribution in [0.5, 0.6) is 0 Å². The summed E-state index contributed by atoms with van der Waals surface area (Å²) in [4.78, 5) is 20.5. The maximum atomic E-state index is 11.8. The van der Waals surface area contributed by atoms with Crippen LogP contribution in [0.2, 0.25) is 0 Å². The molecule has 0 spiro atoms. The minimum absolute atomic E-state index is 0.158. The first-order chi connectivity index (χ1) is 9.24. The number of hydrogen-bond donors (Lipinski definition) is 2. The fourth-order valence-electron chi connectivity index (χ4n) is 1.41. The number of nitrogens with one attached hydrogen (secondary N) is 1. The third kappa shape index (κ3) is 2.33. The van der Waals surface area contributed by atoms with Crippen molar-refractivity contribution in [1.82, 2.24) is 19.7 Å². The van der Waals surface area contributed by atoms with E-state index in [-0.39, 0.29) is 17.8 Å². The van der Waals surface area contributed by atoms with E-state index in [1.54, 1.807) is 23.7 Å². The van der Waals surface area contributed by atoms with Crippen LogP contribution < -0.4 is 11.1 Å². The Balaban J connectivity index is 1.83. The molecule has 0 fully saturated rings. The summed E-state index contributed by atoms with van der Waals surface area (Å²) in [5.41, 5.74) is 5.73. The van der Waals surface area contributed by atoms with Crippen molar-refractivity contribution in [2.75, 3.05) is 11.1 Å². The van der Waals surface area contributed by atoms with Crippen molar-refractivity contribution in [1.29, 1.82) is 0 Å². The van der Waals surface area contributed by atoms with Crippen LogP contribution in [0.4, 0.5) is 11.9 Å². The van der Waals surface area contributed by atoms with Crippen LogP contribution in [0.1, 0.15) is 9.67 Å². The number of carbonyl (C=O) groups excluding carboxylic acids is 1. The highest BCUT2D eigenvalue weighted by Crippen LogP contribution is 2.16. The standard InChI is InChI=1S/C10H8N6OS2/c11-8-14-9(13-7(17)6-2-1-4-18-6)15-16(8)10-12-3-5-19-10/h1-5H,(H3,11,13,14,15,17). The largest absolute Gasteiger partial charge is 0.368 e. The molecule has 9 heteroatoms. The summed E-state index contributed by atoms with van der Waals surface area (Å²) in [7, 11) is 0. The fourth-order valence-corrected chi connectivity index (χ4v) is 2.63. The fraction of sp³-hybridized carbons (Fsp3) is 0. The molecule has 0 unspecified atom stereocenters. The van der Waals surface area contributed by atoms with E-state index in [9.17, 15) is 4.79 Å². The van der Waals surface area contributed by atoms with Crippen molar-refractivity contribution in [2.24, 2.45) is 0 Å². The maximum Gasteiger partial charge on any atom is 0.268 e. The van der Waals surface area contributed by atoms with Gasteiger partial charge in [-0.1, -0.05) is 6.07 Å². The van der Waals surface area contributed by atoms with Gasteiger partial charge in [-0.25, -0.2) is 4.98 Å². The van der Waals surface area contributed by atoms with Gasteiger partial charge in [-0.15, -0.1) is 27.8 Å². The highest BCUT2D eigenvalue weighted by molar-refractivity contribution is 7.12. The maximum absolute atomic E-state index is 11.8. The monoisotopic (exact) mass is 292 g/mol. The predicted octanol–water partition coefficient (Wildman–Crippen LogP) is 1.62. The number of hydrogen-bond acceptors (Lipinski definition) is 7. The molecule has 3 heterocycles. The number of nitrogens with zero attached hydrogens (tertiary/aromatic N) is 4. The van der Waals surface area contributed by atoms with Crippen LogP contribution in [0.25, 0.3) is 5.13 Å². The van der Waals surface area contributed by atoms with Crippen LogP contribution in [0.3, 0.4) is 0 Å². The highest BCUT2D eigenvalue weighted by atomic mass is 32.1. The Morgan fingerprint density at radius 2 is 2.26 bits per heavy atom. The molecule has 19 heavy (non-hydrogen) atoms. The second-order valence-electron chi connectivity index (χ2n) is 3.45. The van der Waals surface area contributed by atoms with E-state index in [0.717, 1.165) is 0 Å². The molecule has 3 aromatic rings. The zero-order chi connectivity index (χ0) is 13.2. The average Bonchev–Trinajstić information content (AvgIpc) is 3.09. The van der Waals surface area contributed by atoms with Gasteiger partial charge in [0.25, 0.3) is 11.9 Å². The van der Waals surface area contributed by atoms with E-state index in [0.29, 0.717) is 10.0 Å². The summed E-state index contributed by atoms with van der Waals surface area (Å²) in [6.07, 6.45) is 1.64. The minimum atomic E-state index is -0.258. The molecule has 3 rings (SSSR count). The Labute approximate surface area is 115 Å². The summed E-state index contributed by atoms with van der Waals surface area (Å²) >= 11 is 2.72.